The molecule has 0 saturated heterocycles. The topological polar surface area (TPSA) is 59.6 Å². The standard InChI is InChI=1S/C17H18N2O3S/c1-21-13-8-9-15(22-2)14(10-13)19-16(20)17(23)18-11-12-6-4-3-5-7-12/h3-10H,11H2,1-2H3,(H,18,23)(H,19,20). The zero-order chi connectivity index (χ0) is 16.7. The van der Waals surface area contributed by atoms with Crippen molar-refractivity contribution in [3.05, 3.63) is 54.1 Å². The fraction of sp³-hybridized carbons (Fsp3) is 0.176. The van der Waals surface area contributed by atoms with E-state index in [4.69, 9.17) is 21.7 Å². The van der Waals surface area contributed by atoms with Gasteiger partial charge in [0.05, 0.1) is 19.9 Å². The average Bonchev–Trinajstić information content (AvgIpc) is 2.60. The Balaban J connectivity index is 1.99. The van der Waals surface area contributed by atoms with Gasteiger partial charge in [-0.3, -0.25) is 4.79 Å². The van der Waals surface area contributed by atoms with Gasteiger partial charge in [-0.1, -0.05) is 42.5 Å². The fourth-order valence-electron chi connectivity index (χ4n) is 1.95. The third-order valence-electron chi connectivity index (χ3n) is 3.16. The quantitative estimate of drug-likeness (QED) is 0.826. The molecule has 2 aromatic carbocycles. The Morgan fingerprint density at radius 1 is 1.09 bits per heavy atom. The van der Waals surface area contributed by atoms with E-state index in [1.165, 1.54) is 7.11 Å². The van der Waals surface area contributed by atoms with Crippen LogP contribution < -0.4 is 20.1 Å². The molecule has 0 spiro atoms. The predicted molar refractivity (Wildman–Crippen MR) is 94.1 cm³/mol. The summed E-state index contributed by atoms with van der Waals surface area (Å²) < 4.78 is 10.4. The Kier molecular flexibility index (Phi) is 5.94. The summed E-state index contributed by atoms with van der Waals surface area (Å²) in [5.74, 6) is 0.747. The molecular formula is C17H18N2O3S. The molecule has 1 amide bonds. The normalized spacial score (nSPS) is 9.83. The van der Waals surface area contributed by atoms with E-state index in [9.17, 15) is 4.79 Å². The van der Waals surface area contributed by atoms with Gasteiger partial charge >= 0.3 is 0 Å². The van der Waals surface area contributed by atoms with E-state index in [1.807, 2.05) is 30.3 Å². The number of carbonyl (C=O) groups is 1. The molecule has 0 aliphatic carbocycles. The molecule has 0 aliphatic rings. The molecule has 0 unspecified atom stereocenters. The molecule has 120 valence electrons. The minimum absolute atomic E-state index is 0.110. The summed E-state index contributed by atoms with van der Waals surface area (Å²) in [4.78, 5) is 12.3. The van der Waals surface area contributed by atoms with Gasteiger partial charge in [-0.2, -0.15) is 0 Å². The first-order valence-electron chi connectivity index (χ1n) is 6.99. The summed E-state index contributed by atoms with van der Waals surface area (Å²) in [6.45, 7) is 0.488. The average molecular weight is 330 g/mol. The fourth-order valence-corrected chi connectivity index (χ4v) is 2.07. The molecule has 0 radical (unpaired) electrons. The molecule has 23 heavy (non-hydrogen) atoms. The second kappa shape index (κ2) is 8.14. The van der Waals surface area contributed by atoms with Crippen LogP contribution in [0.15, 0.2) is 48.5 Å². The molecule has 0 bridgehead atoms. The third kappa shape index (κ3) is 4.69. The van der Waals surface area contributed by atoms with Gasteiger partial charge in [0.25, 0.3) is 5.91 Å². The maximum atomic E-state index is 12.2. The number of benzene rings is 2. The van der Waals surface area contributed by atoms with Crippen molar-refractivity contribution in [2.24, 2.45) is 0 Å². The number of carbonyl (C=O) groups excluding carboxylic acids is 1. The molecular weight excluding hydrogens is 312 g/mol. The molecule has 0 saturated carbocycles. The van der Waals surface area contributed by atoms with Crippen LogP contribution in [0.1, 0.15) is 5.56 Å². The minimum atomic E-state index is -0.400. The Labute approximate surface area is 140 Å². The number of anilines is 1. The lowest BCUT2D eigenvalue weighted by molar-refractivity contribution is -0.110. The molecule has 0 fully saturated rings. The lowest BCUT2D eigenvalue weighted by Gasteiger charge is -2.13. The van der Waals surface area contributed by atoms with E-state index in [1.54, 1.807) is 25.3 Å². The van der Waals surface area contributed by atoms with Crippen molar-refractivity contribution >= 4 is 28.8 Å². The van der Waals surface area contributed by atoms with Gasteiger partial charge in [0.1, 0.15) is 11.5 Å². The molecule has 0 heterocycles. The Bertz CT molecular complexity index is 689. The molecule has 5 nitrogen and oxygen atoms in total. The summed E-state index contributed by atoms with van der Waals surface area (Å²) in [6, 6.07) is 14.9. The number of thiocarbonyl (C=S) groups is 1. The van der Waals surface area contributed by atoms with E-state index in [2.05, 4.69) is 10.6 Å². The first-order valence-corrected chi connectivity index (χ1v) is 7.40. The van der Waals surface area contributed by atoms with Crippen LogP contribution in [-0.4, -0.2) is 25.1 Å². The summed E-state index contributed by atoms with van der Waals surface area (Å²) in [7, 11) is 3.09. The van der Waals surface area contributed by atoms with Crippen LogP contribution in [0.2, 0.25) is 0 Å². The first-order chi connectivity index (χ1) is 11.1. The van der Waals surface area contributed by atoms with Crippen LogP contribution >= 0.6 is 12.2 Å². The van der Waals surface area contributed by atoms with Crippen molar-refractivity contribution in [3.8, 4) is 11.5 Å². The van der Waals surface area contributed by atoms with Crippen molar-refractivity contribution in [2.75, 3.05) is 19.5 Å². The van der Waals surface area contributed by atoms with E-state index < -0.39 is 5.91 Å². The van der Waals surface area contributed by atoms with Crippen LogP contribution in [0, 0.1) is 0 Å². The number of hydrogen-bond donors (Lipinski definition) is 2. The Hall–Kier alpha value is -2.60. The molecule has 0 atom stereocenters. The van der Waals surface area contributed by atoms with Gasteiger partial charge in [0, 0.05) is 12.6 Å². The third-order valence-corrected chi connectivity index (χ3v) is 3.49. The van der Waals surface area contributed by atoms with Crippen molar-refractivity contribution in [3.63, 3.8) is 0 Å². The van der Waals surface area contributed by atoms with Crippen LogP contribution in [0.5, 0.6) is 11.5 Å². The maximum absolute atomic E-state index is 12.2. The summed E-state index contributed by atoms with van der Waals surface area (Å²) in [6.07, 6.45) is 0. The van der Waals surface area contributed by atoms with Gasteiger partial charge in [-0.25, -0.2) is 0 Å². The van der Waals surface area contributed by atoms with Gasteiger partial charge in [0.15, 0.2) is 4.99 Å². The first kappa shape index (κ1) is 16.8. The molecule has 0 aromatic heterocycles. The summed E-state index contributed by atoms with van der Waals surface area (Å²) in [5.41, 5.74) is 1.54. The van der Waals surface area contributed by atoms with Crippen LogP contribution in [-0.2, 0) is 11.3 Å². The maximum Gasteiger partial charge on any atom is 0.283 e. The number of methoxy groups -OCH3 is 2. The number of amides is 1. The summed E-state index contributed by atoms with van der Waals surface area (Å²) >= 11 is 5.12. The van der Waals surface area contributed by atoms with Crippen LogP contribution in [0.4, 0.5) is 5.69 Å². The van der Waals surface area contributed by atoms with Gasteiger partial charge in [-0.15, -0.1) is 0 Å². The Morgan fingerprint density at radius 2 is 1.83 bits per heavy atom. The highest BCUT2D eigenvalue weighted by Gasteiger charge is 2.13. The van der Waals surface area contributed by atoms with Crippen molar-refractivity contribution in [1.29, 1.82) is 0 Å². The van der Waals surface area contributed by atoms with E-state index >= 15 is 0 Å². The highest BCUT2D eigenvalue weighted by molar-refractivity contribution is 7.82. The van der Waals surface area contributed by atoms with Crippen LogP contribution in [0.25, 0.3) is 0 Å². The molecule has 2 rings (SSSR count). The number of nitrogens with one attached hydrogen (secondary N) is 2. The number of rotatable bonds is 5. The second-order valence-corrected chi connectivity index (χ2v) is 5.10. The Morgan fingerprint density at radius 3 is 2.48 bits per heavy atom. The van der Waals surface area contributed by atoms with Crippen molar-refractivity contribution < 1.29 is 14.3 Å². The highest BCUT2D eigenvalue weighted by Crippen LogP contribution is 2.28. The monoisotopic (exact) mass is 330 g/mol. The molecule has 2 aromatic rings. The van der Waals surface area contributed by atoms with Crippen LogP contribution in [0.3, 0.4) is 0 Å². The predicted octanol–water partition coefficient (Wildman–Crippen LogP) is 2.76. The van der Waals surface area contributed by atoms with Crippen molar-refractivity contribution in [2.45, 2.75) is 6.54 Å². The van der Waals surface area contributed by atoms with Gasteiger partial charge < -0.3 is 20.1 Å². The van der Waals surface area contributed by atoms with E-state index in [0.29, 0.717) is 23.7 Å². The number of ether oxygens (including phenoxy) is 2. The minimum Gasteiger partial charge on any atom is -0.497 e. The van der Waals surface area contributed by atoms with Gasteiger partial charge in [-0.05, 0) is 17.7 Å². The largest absolute Gasteiger partial charge is 0.497 e. The SMILES string of the molecule is COc1ccc(OC)c(NC(=O)C(=S)NCc2ccccc2)c1. The second-order valence-electron chi connectivity index (χ2n) is 4.69. The van der Waals surface area contributed by atoms with E-state index in [-0.39, 0.29) is 4.99 Å². The zero-order valence-corrected chi connectivity index (χ0v) is 13.8. The number of hydrogen-bond acceptors (Lipinski definition) is 4. The smallest absolute Gasteiger partial charge is 0.283 e. The van der Waals surface area contributed by atoms with E-state index in [0.717, 1.165) is 5.56 Å². The molecule has 2 N–H and O–H groups in total. The lowest BCUT2D eigenvalue weighted by atomic mass is 10.2. The molecule has 6 heteroatoms. The van der Waals surface area contributed by atoms with Gasteiger partial charge in [0.2, 0.25) is 0 Å². The summed E-state index contributed by atoms with van der Waals surface area (Å²) in [5, 5.41) is 5.66. The molecule has 0 aliphatic heterocycles. The van der Waals surface area contributed by atoms with Crippen molar-refractivity contribution in [1.82, 2.24) is 5.32 Å². The lowest BCUT2D eigenvalue weighted by Crippen LogP contribution is -2.33. The zero-order valence-electron chi connectivity index (χ0n) is 13.0. The highest BCUT2D eigenvalue weighted by atomic mass is 32.1.